The Morgan fingerprint density at radius 2 is 2.05 bits per heavy atom. The Morgan fingerprint density at radius 3 is 2.62 bits per heavy atom. The van der Waals surface area contributed by atoms with E-state index >= 15 is 0 Å². The highest BCUT2D eigenvalue weighted by molar-refractivity contribution is 7.99. The number of nitrogens with one attached hydrogen (secondary N) is 1. The van der Waals surface area contributed by atoms with Gasteiger partial charge in [0.1, 0.15) is 4.90 Å². The molecule has 1 atom stereocenters. The molecule has 1 aromatic carbocycles. The number of halogens is 2. The van der Waals surface area contributed by atoms with E-state index in [1.165, 1.54) is 0 Å². The van der Waals surface area contributed by atoms with Crippen LogP contribution >= 0.6 is 11.8 Å². The number of hydrogen-bond donors (Lipinski definition) is 2. The van der Waals surface area contributed by atoms with Crippen LogP contribution in [0.2, 0.25) is 0 Å². The van der Waals surface area contributed by atoms with Gasteiger partial charge in [0.05, 0.1) is 6.61 Å². The Bertz CT molecular complexity index is 579. The molecule has 21 heavy (non-hydrogen) atoms. The molecular weight excluding hydrogens is 320 g/mol. The van der Waals surface area contributed by atoms with E-state index in [1.54, 1.807) is 18.7 Å². The average Bonchev–Trinajstić information content (AvgIpc) is 2.41. The first-order valence-corrected chi connectivity index (χ1v) is 9.14. The zero-order chi connectivity index (χ0) is 16.0. The molecule has 4 nitrogen and oxygen atoms in total. The molecular formula is C13H19F2NO3S2. The number of aliphatic hydroxyl groups excluding tert-OH is 1. The molecule has 1 rings (SSSR count). The third-order valence-corrected chi connectivity index (χ3v) is 5.30. The molecule has 1 unspecified atom stereocenters. The van der Waals surface area contributed by atoms with Gasteiger partial charge in [-0.1, -0.05) is 6.92 Å². The number of hydrogen-bond acceptors (Lipinski definition) is 4. The van der Waals surface area contributed by atoms with Crippen LogP contribution in [0, 0.1) is 11.6 Å². The molecule has 0 aliphatic rings. The molecule has 1 aromatic rings. The van der Waals surface area contributed by atoms with Crippen LogP contribution in [-0.2, 0) is 16.6 Å². The van der Waals surface area contributed by atoms with Gasteiger partial charge < -0.3 is 5.11 Å². The zero-order valence-electron chi connectivity index (χ0n) is 11.9. The molecule has 8 heteroatoms. The molecule has 0 aromatic heterocycles. The molecule has 0 saturated heterocycles. The highest BCUT2D eigenvalue weighted by atomic mass is 32.2. The highest BCUT2D eigenvalue weighted by Crippen LogP contribution is 2.20. The van der Waals surface area contributed by atoms with Gasteiger partial charge in [-0.15, -0.1) is 0 Å². The minimum Gasteiger partial charge on any atom is -0.392 e. The maximum Gasteiger partial charge on any atom is 0.243 e. The van der Waals surface area contributed by atoms with Crippen LogP contribution in [0.25, 0.3) is 0 Å². The fourth-order valence-corrected chi connectivity index (χ4v) is 3.92. The SMILES string of the molecule is CCSCCC(C)NS(=O)(=O)c1cc(CO)cc(F)c1F. The quantitative estimate of drug-likeness (QED) is 0.713. The van der Waals surface area contributed by atoms with E-state index in [0.717, 1.165) is 23.6 Å². The van der Waals surface area contributed by atoms with Crippen molar-refractivity contribution in [2.24, 2.45) is 0 Å². The molecule has 0 bridgehead atoms. The minimum absolute atomic E-state index is 0.00321. The van der Waals surface area contributed by atoms with Gasteiger partial charge in [-0.2, -0.15) is 11.8 Å². The van der Waals surface area contributed by atoms with Crippen LogP contribution in [0.3, 0.4) is 0 Å². The molecule has 0 spiro atoms. The van der Waals surface area contributed by atoms with E-state index in [2.05, 4.69) is 4.72 Å². The second kappa shape index (κ2) is 8.07. The van der Waals surface area contributed by atoms with Crippen LogP contribution in [0.15, 0.2) is 17.0 Å². The van der Waals surface area contributed by atoms with E-state index in [4.69, 9.17) is 5.11 Å². The number of aliphatic hydroxyl groups is 1. The smallest absolute Gasteiger partial charge is 0.243 e. The number of rotatable bonds is 8. The third kappa shape index (κ3) is 5.21. The van der Waals surface area contributed by atoms with Gasteiger partial charge in [0.15, 0.2) is 11.6 Å². The van der Waals surface area contributed by atoms with E-state index in [1.807, 2.05) is 6.92 Å². The summed E-state index contributed by atoms with van der Waals surface area (Å²) in [5.41, 5.74) is 0.00321. The Hall–Kier alpha value is -0.700. The molecule has 0 fully saturated rings. The summed E-state index contributed by atoms with van der Waals surface area (Å²) < 4.78 is 53.6. The van der Waals surface area contributed by atoms with Crippen molar-refractivity contribution in [1.82, 2.24) is 4.72 Å². The van der Waals surface area contributed by atoms with Gasteiger partial charge in [0.25, 0.3) is 0 Å². The highest BCUT2D eigenvalue weighted by Gasteiger charge is 2.24. The van der Waals surface area contributed by atoms with Crippen molar-refractivity contribution in [3.8, 4) is 0 Å². The second-order valence-electron chi connectivity index (χ2n) is 4.56. The van der Waals surface area contributed by atoms with E-state index in [-0.39, 0.29) is 5.56 Å². The van der Waals surface area contributed by atoms with Crippen LogP contribution in [0.1, 0.15) is 25.8 Å². The molecule has 0 aliphatic heterocycles. The summed E-state index contributed by atoms with van der Waals surface area (Å²) in [7, 11) is -4.17. The van der Waals surface area contributed by atoms with Gasteiger partial charge in [0, 0.05) is 6.04 Å². The minimum atomic E-state index is -4.17. The Labute approximate surface area is 128 Å². The molecule has 2 N–H and O–H groups in total. The summed E-state index contributed by atoms with van der Waals surface area (Å²) >= 11 is 1.67. The van der Waals surface area contributed by atoms with E-state index in [0.29, 0.717) is 6.42 Å². The summed E-state index contributed by atoms with van der Waals surface area (Å²) in [5, 5.41) is 8.96. The summed E-state index contributed by atoms with van der Waals surface area (Å²) in [6.07, 6.45) is 0.585. The zero-order valence-corrected chi connectivity index (χ0v) is 13.5. The maximum absolute atomic E-state index is 13.7. The van der Waals surface area contributed by atoms with Crippen molar-refractivity contribution in [2.75, 3.05) is 11.5 Å². The monoisotopic (exact) mass is 339 g/mol. The summed E-state index contributed by atoms with van der Waals surface area (Å²) in [5.74, 6) is -1.03. The predicted octanol–water partition coefficient (Wildman–Crippen LogP) is 2.27. The van der Waals surface area contributed by atoms with Crippen LogP contribution in [0.5, 0.6) is 0 Å². The predicted molar refractivity (Wildman–Crippen MR) is 79.7 cm³/mol. The van der Waals surface area contributed by atoms with Crippen molar-refractivity contribution in [3.63, 3.8) is 0 Å². The molecule has 0 amide bonds. The van der Waals surface area contributed by atoms with E-state index < -0.39 is 39.2 Å². The lowest BCUT2D eigenvalue weighted by atomic mass is 10.2. The first-order chi connectivity index (χ1) is 9.81. The lowest BCUT2D eigenvalue weighted by molar-refractivity contribution is 0.280. The topological polar surface area (TPSA) is 66.4 Å². The summed E-state index contributed by atoms with van der Waals surface area (Å²) in [6.45, 7) is 3.10. The fraction of sp³-hybridized carbons (Fsp3) is 0.538. The second-order valence-corrected chi connectivity index (χ2v) is 7.63. The average molecular weight is 339 g/mol. The molecule has 0 aliphatic carbocycles. The van der Waals surface area contributed by atoms with Crippen molar-refractivity contribution < 1.29 is 22.3 Å². The van der Waals surface area contributed by atoms with Gasteiger partial charge in [-0.3, -0.25) is 0 Å². The first kappa shape index (κ1) is 18.3. The van der Waals surface area contributed by atoms with Crippen LogP contribution in [0.4, 0.5) is 8.78 Å². The van der Waals surface area contributed by atoms with Gasteiger partial charge in [-0.05, 0) is 42.5 Å². The Balaban J connectivity index is 2.95. The number of thioether (sulfide) groups is 1. The summed E-state index contributed by atoms with van der Waals surface area (Å²) in [6, 6.07) is 1.32. The lowest BCUT2D eigenvalue weighted by Crippen LogP contribution is -2.33. The Morgan fingerprint density at radius 1 is 1.38 bits per heavy atom. The third-order valence-electron chi connectivity index (χ3n) is 2.78. The van der Waals surface area contributed by atoms with Crippen molar-refractivity contribution in [1.29, 1.82) is 0 Å². The molecule has 0 heterocycles. The van der Waals surface area contributed by atoms with Crippen molar-refractivity contribution in [3.05, 3.63) is 29.3 Å². The molecule has 0 radical (unpaired) electrons. The van der Waals surface area contributed by atoms with Crippen LogP contribution in [-0.4, -0.2) is 31.1 Å². The first-order valence-electron chi connectivity index (χ1n) is 6.50. The number of benzene rings is 1. The molecule has 0 saturated carbocycles. The number of sulfonamides is 1. The largest absolute Gasteiger partial charge is 0.392 e. The standard InChI is InChI=1S/C13H19F2NO3S2/c1-3-20-5-4-9(2)16-21(18,19)12-7-10(8-17)6-11(14)13(12)15/h6-7,9,16-17H,3-5,8H2,1-2H3. The maximum atomic E-state index is 13.7. The van der Waals surface area contributed by atoms with Gasteiger partial charge in [0.2, 0.25) is 10.0 Å². The van der Waals surface area contributed by atoms with E-state index in [9.17, 15) is 17.2 Å². The normalized spacial score (nSPS) is 13.4. The van der Waals surface area contributed by atoms with Crippen molar-refractivity contribution in [2.45, 2.75) is 37.8 Å². The summed E-state index contributed by atoms with van der Waals surface area (Å²) in [4.78, 5) is -0.776. The van der Waals surface area contributed by atoms with Crippen LogP contribution < -0.4 is 4.72 Å². The Kier molecular flexibility index (Phi) is 7.05. The lowest BCUT2D eigenvalue weighted by Gasteiger charge is -2.15. The van der Waals surface area contributed by atoms with Gasteiger partial charge in [-0.25, -0.2) is 21.9 Å². The van der Waals surface area contributed by atoms with Gasteiger partial charge >= 0.3 is 0 Å². The fourth-order valence-electron chi connectivity index (χ4n) is 1.70. The van der Waals surface area contributed by atoms with Crippen molar-refractivity contribution >= 4 is 21.8 Å². The molecule has 120 valence electrons.